The van der Waals surface area contributed by atoms with Crippen LogP contribution in [0.3, 0.4) is 0 Å². The first-order chi connectivity index (χ1) is 10.3. The van der Waals surface area contributed by atoms with Crippen molar-refractivity contribution in [3.05, 3.63) is 35.4 Å². The molecule has 22 heavy (non-hydrogen) atoms. The number of hydrogen-bond donors (Lipinski definition) is 2. The van der Waals surface area contributed by atoms with Crippen LogP contribution in [0.15, 0.2) is 18.2 Å². The van der Waals surface area contributed by atoms with E-state index in [1.54, 1.807) is 0 Å². The standard InChI is InChI=1S/C16H19F2NO3/c1-10-4-6-16(7-5-10,15(21)22)19-14(20)9-11-8-12(17)2-3-13(11)18/h2-3,8,10H,4-7,9H2,1H3,(H,19,20)(H,21,22). The van der Waals surface area contributed by atoms with Crippen molar-refractivity contribution in [3.8, 4) is 0 Å². The van der Waals surface area contributed by atoms with Crippen molar-refractivity contribution < 1.29 is 23.5 Å². The van der Waals surface area contributed by atoms with E-state index in [4.69, 9.17) is 0 Å². The summed E-state index contributed by atoms with van der Waals surface area (Å²) < 4.78 is 26.7. The molecule has 0 bridgehead atoms. The quantitative estimate of drug-likeness (QED) is 0.898. The first-order valence-electron chi connectivity index (χ1n) is 7.31. The van der Waals surface area contributed by atoms with Crippen molar-refractivity contribution in [2.24, 2.45) is 5.92 Å². The lowest BCUT2D eigenvalue weighted by molar-refractivity contribution is -0.149. The van der Waals surface area contributed by atoms with Crippen LogP contribution in [0.1, 0.15) is 38.2 Å². The minimum Gasteiger partial charge on any atom is -0.480 e. The molecular weight excluding hydrogens is 292 g/mol. The first kappa shape index (κ1) is 16.4. The largest absolute Gasteiger partial charge is 0.480 e. The maximum absolute atomic E-state index is 13.6. The number of rotatable bonds is 4. The van der Waals surface area contributed by atoms with Gasteiger partial charge in [0.25, 0.3) is 0 Å². The predicted octanol–water partition coefficient (Wildman–Crippen LogP) is 2.66. The lowest BCUT2D eigenvalue weighted by Gasteiger charge is -2.36. The molecule has 1 aliphatic carbocycles. The summed E-state index contributed by atoms with van der Waals surface area (Å²) in [6.45, 7) is 2.04. The Kier molecular flexibility index (Phi) is 4.78. The summed E-state index contributed by atoms with van der Waals surface area (Å²) in [6.07, 6.45) is 1.73. The predicted molar refractivity (Wildman–Crippen MR) is 76.2 cm³/mol. The Balaban J connectivity index is 2.09. The molecule has 4 nitrogen and oxygen atoms in total. The lowest BCUT2D eigenvalue weighted by atomic mass is 9.77. The van der Waals surface area contributed by atoms with Crippen molar-refractivity contribution in [1.82, 2.24) is 5.32 Å². The van der Waals surface area contributed by atoms with Gasteiger partial charge in [-0.15, -0.1) is 0 Å². The van der Waals surface area contributed by atoms with Gasteiger partial charge in [0.1, 0.15) is 17.2 Å². The zero-order valence-electron chi connectivity index (χ0n) is 12.4. The summed E-state index contributed by atoms with van der Waals surface area (Å²) in [7, 11) is 0. The van der Waals surface area contributed by atoms with E-state index >= 15 is 0 Å². The monoisotopic (exact) mass is 311 g/mol. The van der Waals surface area contributed by atoms with Gasteiger partial charge in [-0.2, -0.15) is 0 Å². The second kappa shape index (κ2) is 6.42. The Bertz CT molecular complexity index is 581. The highest BCUT2D eigenvalue weighted by Crippen LogP contribution is 2.32. The van der Waals surface area contributed by atoms with Gasteiger partial charge in [0, 0.05) is 5.56 Å². The highest BCUT2D eigenvalue weighted by atomic mass is 19.1. The fourth-order valence-corrected chi connectivity index (χ4v) is 2.81. The number of aliphatic carboxylic acids is 1. The molecule has 1 aromatic rings. The summed E-state index contributed by atoms with van der Waals surface area (Å²) in [6, 6.07) is 2.87. The van der Waals surface area contributed by atoms with Gasteiger partial charge < -0.3 is 10.4 Å². The number of nitrogens with one attached hydrogen (secondary N) is 1. The number of benzene rings is 1. The topological polar surface area (TPSA) is 66.4 Å². The average molecular weight is 311 g/mol. The van der Waals surface area contributed by atoms with Crippen LogP contribution in [0.5, 0.6) is 0 Å². The molecule has 2 rings (SSSR count). The number of amides is 1. The molecule has 0 unspecified atom stereocenters. The molecule has 0 aromatic heterocycles. The number of carbonyl (C=O) groups excluding carboxylic acids is 1. The van der Waals surface area contributed by atoms with E-state index < -0.39 is 29.0 Å². The van der Waals surface area contributed by atoms with Crippen LogP contribution in [-0.2, 0) is 16.0 Å². The Labute approximate surface area is 127 Å². The second-order valence-corrected chi connectivity index (χ2v) is 6.03. The summed E-state index contributed by atoms with van der Waals surface area (Å²) >= 11 is 0. The maximum Gasteiger partial charge on any atom is 0.329 e. The number of hydrogen-bond acceptors (Lipinski definition) is 2. The molecule has 0 spiro atoms. The fraction of sp³-hybridized carbons (Fsp3) is 0.500. The smallest absolute Gasteiger partial charge is 0.329 e. The summed E-state index contributed by atoms with van der Waals surface area (Å²) in [5.41, 5.74) is -1.38. The fourth-order valence-electron chi connectivity index (χ4n) is 2.81. The molecular formula is C16H19F2NO3. The minimum atomic E-state index is -1.30. The summed E-state index contributed by atoms with van der Waals surface area (Å²) in [4.78, 5) is 23.6. The van der Waals surface area contributed by atoms with Crippen LogP contribution in [0.2, 0.25) is 0 Å². The number of carboxylic acid groups (broad SMARTS) is 1. The Hall–Kier alpha value is -1.98. The van der Waals surface area contributed by atoms with Crippen LogP contribution in [0.4, 0.5) is 8.78 Å². The maximum atomic E-state index is 13.6. The third-order valence-corrected chi connectivity index (χ3v) is 4.27. The third kappa shape index (κ3) is 3.61. The highest BCUT2D eigenvalue weighted by molar-refractivity contribution is 5.88. The number of halogens is 2. The molecule has 0 heterocycles. The van der Waals surface area contributed by atoms with E-state index in [-0.39, 0.29) is 12.0 Å². The Morgan fingerprint density at radius 1 is 1.32 bits per heavy atom. The van der Waals surface area contributed by atoms with E-state index in [0.717, 1.165) is 18.2 Å². The van der Waals surface area contributed by atoms with Crippen LogP contribution < -0.4 is 5.32 Å². The van der Waals surface area contributed by atoms with Gasteiger partial charge in [-0.1, -0.05) is 6.92 Å². The van der Waals surface area contributed by atoms with Gasteiger partial charge in [-0.05, 0) is 49.8 Å². The minimum absolute atomic E-state index is 0.0813. The van der Waals surface area contributed by atoms with Gasteiger partial charge in [0.15, 0.2) is 0 Å². The normalized spacial score (nSPS) is 24.8. The number of carboxylic acids is 1. The molecule has 0 aliphatic heterocycles. The average Bonchev–Trinajstić information content (AvgIpc) is 2.45. The third-order valence-electron chi connectivity index (χ3n) is 4.27. The molecule has 6 heteroatoms. The van der Waals surface area contributed by atoms with E-state index in [0.29, 0.717) is 31.6 Å². The van der Waals surface area contributed by atoms with E-state index in [2.05, 4.69) is 5.32 Å². The van der Waals surface area contributed by atoms with Crippen LogP contribution in [0, 0.1) is 17.6 Å². The summed E-state index contributed by atoms with van der Waals surface area (Å²) in [5, 5.41) is 12.0. The van der Waals surface area contributed by atoms with Crippen molar-refractivity contribution in [3.63, 3.8) is 0 Å². The van der Waals surface area contributed by atoms with Crippen LogP contribution in [0.25, 0.3) is 0 Å². The van der Waals surface area contributed by atoms with Crippen molar-refractivity contribution in [2.45, 2.75) is 44.6 Å². The van der Waals surface area contributed by atoms with Crippen molar-refractivity contribution in [2.75, 3.05) is 0 Å². The molecule has 0 atom stereocenters. The van der Waals surface area contributed by atoms with E-state index in [1.165, 1.54) is 0 Å². The Morgan fingerprint density at radius 3 is 2.55 bits per heavy atom. The lowest BCUT2D eigenvalue weighted by Crippen LogP contribution is -2.56. The zero-order valence-corrected chi connectivity index (χ0v) is 12.4. The molecule has 120 valence electrons. The SMILES string of the molecule is CC1CCC(NC(=O)Cc2cc(F)ccc2F)(C(=O)O)CC1. The van der Waals surface area contributed by atoms with Gasteiger partial charge in [-0.3, -0.25) is 4.79 Å². The number of carbonyl (C=O) groups is 2. The highest BCUT2D eigenvalue weighted by Gasteiger charge is 2.42. The van der Waals surface area contributed by atoms with Gasteiger partial charge in [0.05, 0.1) is 6.42 Å². The molecule has 1 aliphatic rings. The van der Waals surface area contributed by atoms with Gasteiger partial charge in [0.2, 0.25) is 5.91 Å². The molecule has 1 amide bonds. The van der Waals surface area contributed by atoms with Gasteiger partial charge >= 0.3 is 5.97 Å². The Morgan fingerprint density at radius 2 is 1.95 bits per heavy atom. The van der Waals surface area contributed by atoms with E-state index in [1.807, 2.05) is 6.92 Å². The molecule has 1 fully saturated rings. The summed E-state index contributed by atoms with van der Waals surface area (Å²) in [5.74, 6) is -2.58. The zero-order chi connectivity index (χ0) is 16.3. The molecule has 0 radical (unpaired) electrons. The first-order valence-corrected chi connectivity index (χ1v) is 7.31. The van der Waals surface area contributed by atoms with Crippen LogP contribution in [-0.4, -0.2) is 22.5 Å². The van der Waals surface area contributed by atoms with E-state index in [9.17, 15) is 23.5 Å². The van der Waals surface area contributed by atoms with Crippen LogP contribution >= 0.6 is 0 Å². The van der Waals surface area contributed by atoms with Gasteiger partial charge in [-0.25, -0.2) is 13.6 Å². The molecule has 0 saturated heterocycles. The van der Waals surface area contributed by atoms with Crippen molar-refractivity contribution in [1.29, 1.82) is 0 Å². The second-order valence-electron chi connectivity index (χ2n) is 6.03. The van der Waals surface area contributed by atoms with Crippen molar-refractivity contribution >= 4 is 11.9 Å². The molecule has 2 N–H and O–H groups in total. The molecule has 1 aromatic carbocycles. The molecule has 1 saturated carbocycles.